The summed E-state index contributed by atoms with van der Waals surface area (Å²) in [6.45, 7) is 5.05. The van der Waals surface area contributed by atoms with Crippen LogP contribution in [0.15, 0.2) is 6.20 Å². The standard InChI is InChI=1S/C12H21N3O3/c1-4-18-12(17)5-11(16)8-13-6-10-7-14-15(3)9(10)2/h7,11,13,16H,4-6,8H2,1-3H3. The van der Waals surface area contributed by atoms with E-state index >= 15 is 0 Å². The third kappa shape index (κ3) is 4.46. The highest BCUT2D eigenvalue weighted by atomic mass is 16.5. The molecular formula is C12H21N3O3. The number of ether oxygens (including phenoxy) is 1. The van der Waals surface area contributed by atoms with Crippen LogP contribution in [-0.4, -0.2) is 40.1 Å². The van der Waals surface area contributed by atoms with Gasteiger partial charge < -0.3 is 15.2 Å². The zero-order valence-electron chi connectivity index (χ0n) is 11.1. The van der Waals surface area contributed by atoms with Crippen molar-refractivity contribution in [1.29, 1.82) is 0 Å². The van der Waals surface area contributed by atoms with Crippen molar-refractivity contribution in [3.8, 4) is 0 Å². The lowest BCUT2D eigenvalue weighted by molar-refractivity contribution is -0.145. The van der Waals surface area contributed by atoms with E-state index in [1.807, 2.05) is 14.0 Å². The van der Waals surface area contributed by atoms with Crippen molar-refractivity contribution in [3.05, 3.63) is 17.5 Å². The van der Waals surface area contributed by atoms with Gasteiger partial charge in [0.15, 0.2) is 0 Å². The van der Waals surface area contributed by atoms with Crippen LogP contribution in [0.25, 0.3) is 0 Å². The number of aliphatic hydroxyl groups excluding tert-OH is 1. The summed E-state index contributed by atoms with van der Waals surface area (Å²) < 4.78 is 6.56. The molecule has 0 radical (unpaired) electrons. The van der Waals surface area contributed by atoms with E-state index in [0.717, 1.165) is 11.3 Å². The number of aromatic nitrogens is 2. The molecule has 0 aliphatic heterocycles. The molecule has 1 unspecified atom stereocenters. The second kappa shape index (κ2) is 7.13. The lowest BCUT2D eigenvalue weighted by Gasteiger charge is -2.11. The molecule has 0 amide bonds. The Morgan fingerprint density at radius 1 is 1.67 bits per heavy atom. The number of aryl methyl sites for hydroxylation is 1. The topological polar surface area (TPSA) is 76.4 Å². The third-order valence-electron chi connectivity index (χ3n) is 2.74. The number of esters is 1. The van der Waals surface area contributed by atoms with Crippen LogP contribution < -0.4 is 5.32 Å². The number of aliphatic hydroxyl groups is 1. The van der Waals surface area contributed by atoms with Gasteiger partial charge in [-0.3, -0.25) is 9.48 Å². The van der Waals surface area contributed by atoms with Gasteiger partial charge in [0, 0.05) is 31.4 Å². The Bertz CT molecular complexity index is 390. The van der Waals surface area contributed by atoms with E-state index in [1.165, 1.54) is 0 Å². The van der Waals surface area contributed by atoms with E-state index in [1.54, 1.807) is 17.8 Å². The molecule has 1 aromatic rings. The SMILES string of the molecule is CCOC(=O)CC(O)CNCc1cnn(C)c1C. The van der Waals surface area contributed by atoms with Crippen molar-refractivity contribution >= 4 is 5.97 Å². The van der Waals surface area contributed by atoms with Gasteiger partial charge in [-0.25, -0.2) is 0 Å². The molecular weight excluding hydrogens is 234 g/mol. The Morgan fingerprint density at radius 2 is 2.39 bits per heavy atom. The maximum Gasteiger partial charge on any atom is 0.308 e. The van der Waals surface area contributed by atoms with Crippen LogP contribution in [-0.2, 0) is 23.1 Å². The molecule has 0 aromatic carbocycles. The second-order valence-electron chi connectivity index (χ2n) is 4.17. The van der Waals surface area contributed by atoms with E-state index in [0.29, 0.717) is 19.7 Å². The fourth-order valence-corrected chi connectivity index (χ4v) is 1.58. The first-order valence-corrected chi connectivity index (χ1v) is 6.06. The molecule has 0 spiro atoms. The molecule has 1 aromatic heterocycles. The molecule has 6 heteroatoms. The average molecular weight is 255 g/mol. The molecule has 1 atom stereocenters. The molecule has 1 heterocycles. The van der Waals surface area contributed by atoms with Crippen LogP contribution in [0.3, 0.4) is 0 Å². The van der Waals surface area contributed by atoms with E-state index < -0.39 is 6.10 Å². The molecule has 18 heavy (non-hydrogen) atoms. The van der Waals surface area contributed by atoms with Crippen molar-refractivity contribution < 1.29 is 14.6 Å². The second-order valence-corrected chi connectivity index (χ2v) is 4.17. The smallest absolute Gasteiger partial charge is 0.308 e. The molecule has 0 fully saturated rings. The zero-order chi connectivity index (χ0) is 13.5. The summed E-state index contributed by atoms with van der Waals surface area (Å²) in [6, 6.07) is 0. The van der Waals surface area contributed by atoms with Crippen molar-refractivity contribution in [2.45, 2.75) is 32.9 Å². The summed E-state index contributed by atoms with van der Waals surface area (Å²) in [6.07, 6.45) is 1.09. The Labute approximate surface area is 107 Å². The Balaban J connectivity index is 2.25. The van der Waals surface area contributed by atoms with Gasteiger partial charge in [0.1, 0.15) is 0 Å². The number of rotatable bonds is 7. The van der Waals surface area contributed by atoms with Crippen LogP contribution in [0.4, 0.5) is 0 Å². The third-order valence-corrected chi connectivity index (χ3v) is 2.74. The predicted molar refractivity (Wildman–Crippen MR) is 66.9 cm³/mol. The van der Waals surface area contributed by atoms with Gasteiger partial charge in [-0.15, -0.1) is 0 Å². The number of nitrogens with zero attached hydrogens (tertiary/aromatic N) is 2. The highest BCUT2D eigenvalue weighted by molar-refractivity contribution is 5.69. The van der Waals surface area contributed by atoms with Crippen molar-refractivity contribution in [2.75, 3.05) is 13.2 Å². The highest BCUT2D eigenvalue weighted by Gasteiger charge is 2.11. The number of nitrogens with one attached hydrogen (secondary N) is 1. The van der Waals surface area contributed by atoms with Gasteiger partial charge in [-0.2, -0.15) is 5.10 Å². The summed E-state index contributed by atoms with van der Waals surface area (Å²) in [7, 11) is 1.88. The summed E-state index contributed by atoms with van der Waals surface area (Å²) in [5.74, 6) is -0.371. The van der Waals surface area contributed by atoms with E-state index in [4.69, 9.17) is 4.74 Å². The molecule has 0 aliphatic carbocycles. The zero-order valence-corrected chi connectivity index (χ0v) is 11.1. The monoisotopic (exact) mass is 255 g/mol. The maximum absolute atomic E-state index is 11.1. The van der Waals surface area contributed by atoms with E-state index in [-0.39, 0.29) is 12.4 Å². The fourth-order valence-electron chi connectivity index (χ4n) is 1.58. The Kier molecular flexibility index (Phi) is 5.80. The van der Waals surface area contributed by atoms with Crippen LogP contribution in [0.5, 0.6) is 0 Å². The fraction of sp³-hybridized carbons (Fsp3) is 0.667. The summed E-state index contributed by atoms with van der Waals surface area (Å²) in [5, 5.41) is 16.8. The average Bonchev–Trinajstić information content (AvgIpc) is 2.61. The molecule has 0 aliphatic rings. The normalized spacial score (nSPS) is 12.4. The quantitative estimate of drug-likeness (QED) is 0.677. The molecule has 0 saturated heterocycles. The predicted octanol–water partition coefficient (Wildman–Crippen LogP) is 0.132. The molecule has 1 rings (SSSR count). The molecule has 2 N–H and O–H groups in total. The summed E-state index contributed by atoms with van der Waals surface area (Å²) in [4.78, 5) is 11.1. The van der Waals surface area contributed by atoms with Crippen molar-refractivity contribution in [1.82, 2.24) is 15.1 Å². The minimum absolute atomic E-state index is 0.0207. The number of carbonyl (C=O) groups excluding carboxylic acids is 1. The Hall–Kier alpha value is -1.40. The van der Waals surface area contributed by atoms with Crippen molar-refractivity contribution in [3.63, 3.8) is 0 Å². The van der Waals surface area contributed by atoms with Crippen LogP contribution in [0.1, 0.15) is 24.6 Å². The number of hydrogen-bond donors (Lipinski definition) is 2. The molecule has 0 bridgehead atoms. The van der Waals surface area contributed by atoms with Gasteiger partial charge in [0.05, 0.1) is 25.3 Å². The first kappa shape index (κ1) is 14.7. The van der Waals surface area contributed by atoms with Gasteiger partial charge in [0.2, 0.25) is 0 Å². The summed E-state index contributed by atoms with van der Waals surface area (Å²) in [5.41, 5.74) is 2.17. The molecule has 102 valence electrons. The summed E-state index contributed by atoms with van der Waals surface area (Å²) >= 11 is 0. The number of carbonyl (C=O) groups is 1. The van der Waals surface area contributed by atoms with Crippen LogP contribution >= 0.6 is 0 Å². The lowest BCUT2D eigenvalue weighted by Crippen LogP contribution is -2.29. The van der Waals surface area contributed by atoms with Gasteiger partial charge >= 0.3 is 5.97 Å². The first-order chi connectivity index (χ1) is 8.54. The lowest BCUT2D eigenvalue weighted by atomic mass is 10.2. The minimum Gasteiger partial charge on any atom is -0.466 e. The number of hydrogen-bond acceptors (Lipinski definition) is 5. The Morgan fingerprint density at radius 3 is 2.94 bits per heavy atom. The van der Waals surface area contributed by atoms with Crippen LogP contribution in [0.2, 0.25) is 0 Å². The largest absolute Gasteiger partial charge is 0.466 e. The first-order valence-electron chi connectivity index (χ1n) is 6.06. The molecule has 0 saturated carbocycles. The van der Waals surface area contributed by atoms with Crippen molar-refractivity contribution in [2.24, 2.45) is 7.05 Å². The van der Waals surface area contributed by atoms with Gasteiger partial charge in [0.25, 0.3) is 0 Å². The van der Waals surface area contributed by atoms with Gasteiger partial charge in [-0.05, 0) is 13.8 Å². The van der Waals surface area contributed by atoms with E-state index in [9.17, 15) is 9.90 Å². The maximum atomic E-state index is 11.1. The van der Waals surface area contributed by atoms with Crippen LogP contribution in [0, 0.1) is 6.92 Å². The van der Waals surface area contributed by atoms with E-state index in [2.05, 4.69) is 10.4 Å². The van der Waals surface area contributed by atoms with Gasteiger partial charge in [-0.1, -0.05) is 0 Å². The highest BCUT2D eigenvalue weighted by Crippen LogP contribution is 2.04. The molecule has 6 nitrogen and oxygen atoms in total. The minimum atomic E-state index is -0.721.